The molecule has 0 atom stereocenters. The van der Waals surface area contributed by atoms with Gasteiger partial charge in [-0.25, -0.2) is 0 Å². The van der Waals surface area contributed by atoms with Crippen LogP contribution in [0.2, 0.25) is 0 Å². The monoisotopic (exact) mass is 160 g/mol. The molecule has 0 heterocycles. The first kappa shape index (κ1) is 10.0. The van der Waals surface area contributed by atoms with E-state index in [1.165, 1.54) is 6.42 Å². The zero-order chi connectivity index (χ0) is 8.20. The predicted molar refractivity (Wildman–Crippen MR) is 48.3 cm³/mol. The highest BCUT2D eigenvalue weighted by Gasteiger charge is 2.08. The SMILES string of the molecule is C=C(Cl)CCCC(C)(C)C. The van der Waals surface area contributed by atoms with Crippen LogP contribution in [-0.2, 0) is 0 Å². The van der Waals surface area contributed by atoms with E-state index in [1.54, 1.807) is 0 Å². The molecule has 0 aliphatic rings. The Morgan fingerprint density at radius 3 is 2.20 bits per heavy atom. The normalized spacial score (nSPS) is 11.6. The largest absolute Gasteiger partial charge is 0.0898 e. The first-order valence-corrected chi connectivity index (χ1v) is 4.13. The number of hydrogen-bond donors (Lipinski definition) is 0. The smallest absolute Gasteiger partial charge is 0.0109 e. The third-order valence-electron chi connectivity index (χ3n) is 1.37. The lowest BCUT2D eigenvalue weighted by atomic mass is 9.90. The maximum absolute atomic E-state index is 5.61. The molecule has 0 amide bonds. The fourth-order valence-electron chi connectivity index (χ4n) is 0.811. The molecule has 0 nitrogen and oxygen atoms in total. The van der Waals surface area contributed by atoms with Gasteiger partial charge in [0.1, 0.15) is 0 Å². The zero-order valence-corrected chi connectivity index (χ0v) is 7.96. The lowest BCUT2D eigenvalue weighted by Crippen LogP contribution is -2.03. The second kappa shape index (κ2) is 4.02. The summed E-state index contributed by atoms with van der Waals surface area (Å²) in [5.41, 5.74) is 0.437. The molecule has 10 heavy (non-hydrogen) atoms. The number of rotatable bonds is 3. The Bertz CT molecular complexity index is 108. The second-order valence-corrected chi connectivity index (χ2v) is 4.47. The van der Waals surface area contributed by atoms with Crippen LogP contribution in [0.15, 0.2) is 11.6 Å². The molecular formula is C9H17Cl. The van der Waals surface area contributed by atoms with Crippen molar-refractivity contribution in [2.24, 2.45) is 5.41 Å². The van der Waals surface area contributed by atoms with Crippen LogP contribution >= 0.6 is 11.6 Å². The van der Waals surface area contributed by atoms with E-state index in [9.17, 15) is 0 Å². The van der Waals surface area contributed by atoms with Crippen LogP contribution in [0.25, 0.3) is 0 Å². The van der Waals surface area contributed by atoms with Crippen molar-refractivity contribution in [3.05, 3.63) is 11.6 Å². The molecule has 0 aromatic heterocycles. The molecule has 0 bridgehead atoms. The van der Waals surface area contributed by atoms with Gasteiger partial charge in [-0.2, -0.15) is 0 Å². The van der Waals surface area contributed by atoms with E-state index < -0.39 is 0 Å². The minimum absolute atomic E-state index is 0.437. The Hall–Kier alpha value is 0.0300. The molecule has 0 saturated carbocycles. The van der Waals surface area contributed by atoms with Gasteiger partial charge in [0.2, 0.25) is 0 Å². The Labute approximate surface area is 69.3 Å². The standard InChI is InChI=1S/C9H17Cl/c1-8(10)6-5-7-9(2,3)4/h1,5-7H2,2-4H3. The summed E-state index contributed by atoms with van der Waals surface area (Å²) in [6.45, 7) is 10.4. The van der Waals surface area contributed by atoms with Crippen molar-refractivity contribution in [2.75, 3.05) is 0 Å². The van der Waals surface area contributed by atoms with E-state index in [0.29, 0.717) is 5.41 Å². The highest BCUT2D eigenvalue weighted by atomic mass is 35.5. The van der Waals surface area contributed by atoms with E-state index in [4.69, 9.17) is 11.6 Å². The molecule has 0 radical (unpaired) electrons. The average molecular weight is 161 g/mol. The summed E-state index contributed by atoms with van der Waals surface area (Å²) < 4.78 is 0. The van der Waals surface area contributed by atoms with Gasteiger partial charge in [-0.1, -0.05) is 39.0 Å². The summed E-state index contributed by atoms with van der Waals surface area (Å²) in [5, 5.41) is 0.782. The van der Waals surface area contributed by atoms with E-state index in [2.05, 4.69) is 27.4 Å². The van der Waals surface area contributed by atoms with Gasteiger partial charge in [0.25, 0.3) is 0 Å². The summed E-state index contributed by atoms with van der Waals surface area (Å²) in [6, 6.07) is 0. The van der Waals surface area contributed by atoms with Crippen LogP contribution in [0, 0.1) is 5.41 Å². The second-order valence-electron chi connectivity index (χ2n) is 3.93. The quantitative estimate of drug-likeness (QED) is 0.587. The molecule has 0 unspecified atom stereocenters. The van der Waals surface area contributed by atoms with Crippen molar-refractivity contribution in [3.8, 4) is 0 Å². The number of halogens is 1. The van der Waals surface area contributed by atoms with E-state index in [1.807, 2.05) is 0 Å². The minimum Gasteiger partial charge on any atom is -0.0898 e. The Morgan fingerprint density at radius 1 is 1.40 bits per heavy atom. The predicted octanol–water partition coefficient (Wildman–Crippen LogP) is 3.96. The number of hydrogen-bond acceptors (Lipinski definition) is 0. The lowest BCUT2D eigenvalue weighted by molar-refractivity contribution is 0.366. The fourth-order valence-corrected chi connectivity index (χ4v) is 0.944. The van der Waals surface area contributed by atoms with Crippen molar-refractivity contribution in [1.82, 2.24) is 0 Å². The van der Waals surface area contributed by atoms with E-state index >= 15 is 0 Å². The third-order valence-corrected chi connectivity index (χ3v) is 1.56. The molecule has 1 heteroatoms. The molecular weight excluding hydrogens is 144 g/mol. The summed E-state index contributed by atoms with van der Waals surface area (Å²) in [4.78, 5) is 0. The molecule has 0 saturated heterocycles. The highest BCUT2D eigenvalue weighted by Crippen LogP contribution is 2.23. The van der Waals surface area contributed by atoms with Gasteiger partial charge in [-0.05, 0) is 24.7 Å². The topological polar surface area (TPSA) is 0 Å². The first-order valence-electron chi connectivity index (χ1n) is 3.75. The van der Waals surface area contributed by atoms with Gasteiger partial charge in [-0.15, -0.1) is 0 Å². The van der Waals surface area contributed by atoms with Crippen molar-refractivity contribution in [2.45, 2.75) is 40.0 Å². The van der Waals surface area contributed by atoms with Gasteiger partial charge in [0, 0.05) is 5.03 Å². The highest BCUT2D eigenvalue weighted by molar-refractivity contribution is 6.29. The van der Waals surface area contributed by atoms with Crippen molar-refractivity contribution in [3.63, 3.8) is 0 Å². The van der Waals surface area contributed by atoms with Crippen molar-refractivity contribution < 1.29 is 0 Å². The molecule has 0 aliphatic heterocycles. The fraction of sp³-hybridized carbons (Fsp3) is 0.778. The maximum Gasteiger partial charge on any atom is 0.0109 e. The van der Waals surface area contributed by atoms with Gasteiger partial charge in [0.15, 0.2) is 0 Å². The first-order chi connectivity index (χ1) is 4.42. The Kier molecular flexibility index (Phi) is 4.04. The summed E-state index contributed by atoms with van der Waals surface area (Å²) >= 11 is 5.61. The van der Waals surface area contributed by atoms with E-state index in [-0.39, 0.29) is 0 Å². The molecule has 0 spiro atoms. The molecule has 0 N–H and O–H groups in total. The molecule has 60 valence electrons. The summed E-state index contributed by atoms with van der Waals surface area (Å²) in [7, 11) is 0. The van der Waals surface area contributed by atoms with Crippen LogP contribution in [-0.4, -0.2) is 0 Å². The van der Waals surface area contributed by atoms with Crippen molar-refractivity contribution >= 4 is 11.6 Å². The van der Waals surface area contributed by atoms with Gasteiger partial charge in [0.05, 0.1) is 0 Å². The molecule has 0 aliphatic carbocycles. The molecule has 0 aromatic carbocycles. The summed E-state index contributed by atoms with van der Waals surface area (Å²) in [5.74, 6) is 0. The minimum atomic E-state index is 0.437. The van der Waals surface area contributed by atoms with Crippen LogP contribution < -0.4 is 0 Å². The van der Waals surface area contributed by atoms with Crippen LogP contribution in [0.3, 0.4) is 0 Å². The van der Waals surface area contributed by atoms with Crippen LogP contribution in [0.5, 0.6) is 0 Å². The Morgan fingerprint density at radius 2 is 1.90 bits per heavy atom. The van der Waals surface area contributed by atoms with Gasteiger partial charge in [-0.3, -0.25) is 0 Å². The maximum atomic E-state index is 5.61. The molecule has 0 aromatic rings. The zero-order valence-electron chi connectivity index (χ0n) is 7.21. The lowest BCUT2D eigenvalue weighted by Gasteiger charge is -2.16. The Balaban J connectivity index is 3.29. The van der Waals surface area contributed by atoms with Crippen LogP contribution in [0.1, 0.15) is 40.0 Å². The van der Waals surface area contributed by atoms with Gasteiger partial charge >= 0.3 is 0 Å². The average Bonchev–Trinajstić information content (AvgIpc) is 1.59. The van der Waals surface area contributed by atoms with Crippen LogP contribution in [0.4, 0.5) is 0 Å². The summed E-state index contributed by atoms with van der Waals surface area (Å²) in [6.07, 6.45) is 3.34. The number of allylic oxidation sites excluding steroid dienone is 1. The van der Waals surface area contributed by atoms with Crippen molar-refractivity contribution in [1.29, 1.82) is 0 Å². The molecule has 0 rings (SSSR count). The van der Waals surface area contributed by atoms with Gasteiger partial charge < -0.3 is 0 Å². The third kappa shape index (κ3) is 8.03. The molecule has 0 fully saturated rings. The van der Waals surface area contributed by atoms with E-state index in [0.717, 1.165) is 17.9 Å².